The number of halogens is 1. The fourth-order valence-corrected chi connectivity index (χ4v) is 2.64. The fourth-order valence-electron chi connectivity index (χ4n) is 2.38. The van der Waals surface area contributed by atoms with E-state index in [1.165, 1.54) is 24.8 Å². The lowest BCUT2D eigenvalue weighted by atomic mass is 10.0. The third-order valence-electron chi connectivity index (χ3n) is 3.39. The maximum Gasteiger partial charge on any atom is 0.123 e. The Morgan fingerprint density at radius 1 is 1.15 bits per heavy atom. The van der Waals surface area contributed by atoms with E-state index in [1.54, 1.807) is 0 Å². The molecular formula is C14H18BrN3S2. The standard InChI is InChI=1S/C14H16BrN3.H2S2/c15-11-6-4-10(5-7-11)13-9-17-14(18-13)12-3-1-2-8-16-12;1-2/h4-7,9,12,16H,1-3,8H2,(H,17,18);1-2H. The lowest BCUT2D eigenvalue weighted by Gasteiger charge is -2.21. The first-order valence-corrected chi connectivity index (χ1v) is 8.96. The van der Waals surface area contributed by atoms with Gasteiger partial charge in [-0.15, -0.1) is 23.3 Å². The smallest absolute Gasteiger partial charge is 0.123 e. The van der Waals surface area contributed by atoms with Crippen molar-refractivity contribution in [1.29, 1.82) is 0 Å². The molecule has 1 saturated heterocycles. The van der Waals surface area contributed by atoms with Crippen LogP contribution in [0.5, 0.6) is 0 Å². The predicted molar refractivity (Wildman–Crippen MR) is 94.3 cm³/mol. The van der Waals surface area contributed by atoms with E-state index in [1.807, 2.05) is 6.20 Å². The number of nitrogens with zero attached hydrogens (tertiary/aromatic N) is 1. The molecule has 1 fully saturated rings. The summed E-state index contributed by atoms with van der Waals surface area (Å²) in [6.07, 6.45) is 5.66. The van der Waals surface area contributed by atoms with E-state index in [0.717, 1.165) is 22.5 Å². The van der Waals surface area contributed by atoms with Crippen molar-refractivity contribution in [3.05, 3.63) is 40.8 Å². The van der Waals surface area contributed by atoms with Crippen LogP contribution in [-0.2, 0) is 0 Å². The van der Waals surface area contributed by atoms with Crippen LogP contribution in [0, 0.1) is 0 Å². The Bertz CT molecular complexity index is 521. The van der Waals surface area contributed by atoms with Crippen molar-refractivity contribution in [2.24, 2.45) is 0 Å². The number of aromatic amines is 1. The third kappa shape index (κ3) is 4.04. The molecule has 3 nitrogen and oxygen atoms in total. The third-order valence-corrected chi connectivity index (χ3v) is 3.92. The molecule has 0 bridgehead atoms. The summed E-state index contributed by atoms with van der Waals surface area (Å²) in [5.74, 6) is 1.06. The van der Waals surface area contributed by atoms with Crippen LogP contribution in [0.25, 0.3) is 11.3 Å². The zero-order valence-electron chi connectivity index (χ0n) is 11.0. The predicted octanol–water partition coefficient (Wildman–Crippen LogP) is 4.41. The highest BCUT2D eigenvalue weighted by Gasteiger charge is 2.17. The first-order valence-electron chi connectivity index (χ1n) is 6.57. The van der Waals surface area contributed by atoms with Crippen LogP contribution in [0.15, 0.2) is 34.9 Å². The Kier molecular flexibility index (Phi) is 6.48. The monoisotopic (exact) mass is 371 g/mol. The van der Waals surface area contributed by atoms with E-state index < -0.39 is 0 Å². The number of piperidine rings is 1. The van der Waals surface area contributed by atoms with Gasteiger partial charge in [-0.05, 0) is 37.1 Å². The Morgan fingerprint density at radius 2 is 1.90 bits per heavy atom. The van der Waals surface area contributed by atoms with Crippen LogP contribution in [0.3, 0.4) is 0 Å². The molecule has 1 aromatic carbocycles. The number of hydrogen-bond acceptors (Lipinski definition) is 4. The second-order valence-electron chi connectivity index (χ2n) is 4.69. The van der Waals surface area contributed by atoms with E-state index in [0.29, 0.717) is 6.04 Å². The van der Waals surface area contributed by atoms with Gasteiger partial charge in [0, 0.05) is 4.47 Å². The Morgan fingerprint density at radius 3 is 2.55 bits per heavy atom. The van der Waals surface area contributed by atoms with Crippen LogP contribution < -0.4 is 5.32 Å². The van der Waals surface area contributed by atoms with Crippen molar-refractivity contribution in [2.45, 2.75) is 25.3 Å². The number of aromatic nitrogens is 2. The topological polar surface area (TPSA) is 40.7 Å². The summed E-state index contributed by atoms with van der Waals surface area (Å²) in [4.78, 5) is 7.94. The van der Waals surface area contributed by atoms with E-state index >= 15 is 0 Å². The highest BCUT2D eigenvalue weighted by atomic mass is 79.9. The normalized spacial score (nSPS) is 18.2. The van der Waals surface area contributed by atoms with E-state index in [2.05, 4.69) is 78.8 Å². The van der Waals surface area contributed by atoms with Crippen LogP contribution in [0.1, 0.15) is 31.1 Å². The van der Waals surface area contributed by atoms with Gasteiger partial charge in [-0.3, -0.25) is 0 Å². The lowest BCUT2D eigenvalue weighted by Crippen LogP contribution is -2.27. The van der Waals surface area contributed by atoms with Crippen LogP contribution in [-0.4, -0.2) is 16.5 Å². The Balaban J connectivity index is 0.000000704. The van der Waals surface area contributed by atoms with Crippen LogP contribution in [0.2, 0.25) is 0 Å². The molecule has 2 aromatic rings. The molecule has 6 heteroatoms. The lowest BCUT2D eigenvalue weighted by molar-refractivity contribution is 0.399. The van der Waals surface area contributed by atoms with Crippen molar-refractivity contribution in [3.8, 4) is 11.3 Å². The number of benzene rings is 1. The first kappa shape index (κ1) is 15.9. The number of rotatable bonds is 2. The minimum Gasteiger partial charge on any atom is -0.341 e. The minimum absolute atomic E-state index is 0.392. The number of thiol groups is 2. The van der Waals surface area contributed by atoms with Crippen molar-refractivity contribution in [1.82, 2.24) is 15.3 Å². The molecule has 0 radical (unpaired) electrons. The molecule has 1 aliphatic rings. The number of hydrogen-bond donors (Lipinski definition) is 4. The second kappa shape index (κ2) is 8.12. The number of imidazole rings is 1. The molecule has 0 spiro atoms. The molecule has 2 N–H and O–H groups in total. The summed E-state index contributed by atoms with van der Waals surface area (Å²) in [6.45, 7) is 1.10. The largest absolute Gasteiger partial charge is 0.341 e. The summed E-state index contributed by atoms with van der Waals surface area (Å²) in [7, 11) is 0. The van der Waals surface area contributed by atoms with Gasteiger partial charge in [0.1, 0.15) is 5.82 Å². The van der Waals surface area contributed by atoms with Crippen LogP contribution >= 0.6 is 39.3 Å². The van der Waals surface area contributed by atoms with Gasteiger partial charge in [-0.2, -0.15) is 0 Å². The van der Waals surface area contributed by atoms with Gasteiger partial charge in [0.25, 0.3) is 0 Å². The molecule has 2 heterocycles. The molecule has 20 heavy (non-hydrogen) atoms. The summed E-state index contributed by atoms with van der Waals surface area (Å²) >= 11 is 9.89. The van der Waals surface area contributed by atoms with Gasteiger partial charge >= 0.3 is 0 Å². The minimum atomic E-state index is 0.392. The van der Waals surface area contributed by atoms with Gasteiger partial charge < -0.3 is 10.3 Å². The average molecular weight is 372 g/mol. The van der Waals surface area contributed by atoms with E-state index in [-0.39, 0.29) is 0 Å². The van der Waals surface area contributed by atoms with Gasteiger partial charge in [0.2, 0.25) is 0 Å². The molecule has 1 aliphatic heterocycles. The zero-order chi connectivity index (χ0) is 14.4. The number of H-pyrrole nitrogens is 1. The maximum absolute atomic E-state index is 4.51. The Hall–Kier alpha value is -0.430. The molecule has 1 atom stereocenters. The summed E-state index contributed by atoms with van der Waals surface area (Å²) in [5.41, 5.74) is 2.26. The molecular weight excluding hydrogens is 354 g/mol. The van der Waals surface area contributed by atoms with Crippen molar-refractivity contribution >= 4 is 39.3 Å². The number of nitrogens with one attached hydrogen (secondary N) is 2. The van der Waals surface area contributed by atoms with E-state index in [9.17, 15) is 0 Å². The maximum atomic E-state index is 4.51. The molecule has 1 aromatic heterocycles. The fraction of sp³-hybridized carbons (Fsp3) is 0.357. The van der Waals surface area contributed by atoms with Crippen molar-refractivity contribution in [3.63, 3.8) is 0 Å². The molecule has 3 rings (SSSR count). The molecule has 1 unspecified atom stereocenters. The summed E-state index contributed by atoms with van der Waals surface area (Å²) < 4.78 is 1.10. The summed E-state index contributed by atoms with van der Waals surface area (Å²) in [5, 5.41) is 3.51. The molecule has 0 aliphatic carbocycles. The molecule has 108 valence electrons. The van der Waals surface area contributed by atoms with Crippen molar-refractivity contribution in [2.75, 3.05) is 6.54 Å². The molecule has 0 saturated carbocycles. The highest BCUT2D eigenvalue weighted by molar-refractivity contribution is 9.10. The zero-order valence-corrected chi connectivity index (χ0v) is 14.4. The first-order chi connectivity index (χ1) is 9.83. The highest BCUT2D eigenvalue weighted by Crippen LogP contribution is 2.24. The van der Waals surface area contributed by atoms with E-state index in [4.69, 9.17) is 0 Å². The van der Waals surface area contributed by atoms with Gasteiger partial charge in [0.05, 0.1) is 17.9 Å². The van der Waals surface area contributed by atoms with Gasteiger partial charge in [0.15, 0.2) is 0 Å². The van der Waals surface area contributed by atoms with Crippen molar-refractivity contribution < 1.29 is 0 Å². The van der Waals surface area contributed by atoms with Crippen LogP contribution in [0.4, 0.5) is 0 Å². The summed E-state index contributed by atoms with van der Waals surface area (Å²) in [6, 6.07) is 8.68. The van der Waals surface area contributed by atoms with Gasteiger partial charge in [-0.25, -0.2) is 4.98 Å². The van der Waals surface area contributed by atoms with Gasteiger partial charge in [-0.1, -0.05) is 34.5 Å². The SMILES string of the molecule is Brc1ccc(-c2cnc(C3CCCCN3)[nH]2)cc1.SS. The molecule has 0 amide bonds. The average Bonchev–Trinajstić information content (AvgIpc) is 3.01. The quantitative estimate of drug-likeness (QED) is 0.466. The Labute approximate surface area is 138 Å². The second-order valence-corrected chi connectivity index (χ2v) is 5.61.